The molecule has 0 radical (unpaired) electrons. The molecule has 4 aromatic rings. The normalized spacial score (nSPS) is 17.7. The maximum Gasteiger partial charge on any atom is 0.333 e. The molecule has 1 aliphatic heterocycles. The molecule has 0 spiro atoms. The van der Waals surface area contributed by atoms with E-state index in [1.807, 2.05) is 0 Å². The topological polar surface area (TPSA) is 153 Å². The van der Waals surface area contributed by atoms with Crippen molar-refractivity contribution in [2.45, 2.75) is 58.2 Å². The quantitative estimate of drug-likeness (QED) is 0.215. The Morgan fingerprint density at radius 3 is 2.69 bits per heavy atom. The van der Waals surface area contributed by atoms with Crippen molar-refractivity contribution in [3.8, 4) is 22.5 Å². The number of aromatic nitrogens is 5. The number of hydrogen-bond donors (Lipinski definition) is 4. The van der Waals surface area contributed by atoms with Crippen molar-refractivity contribution in [2.75, 3.05) is 10.6 Å². The highest BCUT2D eigenvalue weighted by atomic mass is 35.5. The summed E-state index contributed by atoms with van der Waals surface area (Å²) >= 11 is 6.29. The third-order valence-corrected chi connectivity index (χ3v) is 7.95. The zero-order valence-corrected chi connectivity index (χ0v) is 25.6. The van der Waals surface area contributed by atoms with Crippen molar-refractivity contribution in [2.24, 2.45) is 11.7 Å². The molecule has 14 heteroatoms. The number of pyridine rings is 1. The van der Waals surface area contributed by atoms with Gasteiger partial charge in [-0.3, -0.25) is 19.1 Å². The summed E-state index contributed by atoms with van der Waals surface area (Å²) in [6.07, 6.45) is 7.05. The van der Waals surface area contributed by atoms with E-state index in [2.05, 4.69) is 25.7 Å². The van der Waals surface area contributed by atoms with E-state index >= 15 is 0 Å². The molecule has 0 saturated carbocycles. The zero-order valence-electron chi connectivity index (χ0n) is 24.8. The van der Waals surface area contributed by atoms with E-state index in [0.29, 0.717) is 57.2 Å². The van der Waals surface area contributed by atoms with E-state index in [1.54, 1.807) is 51.1 Å². The van der Waals surface area contributed by atoms with Crippen LogP contribution in [0.3, 0.4) is 0 Å². The molecular weight excluding hydrogens is 606 g/mol. The average Bonchev–Trinajstić information content (AvgIpc) is 3.41. The smallest absolute Gasteiger partial charge is 0.333 e. The van der Waals surface area contributed by atoms with E-state index in [9.17, 15) is 23.5 Å². The van der Waals surface area contributed by atoms with Crippen LogP contribution in [0.25, 0.3) is 22.5 Å². The number of aliphatic hydroxyl groups is 1. The average molecular weight is 639 g/mol. The number of rotatable bonds is 6. The fraction of sp³-hybridized carbons (Fsp3) is 0.323. The van der Waals surface area contributed by atoms with Crippen LogP contribution in [0.2, 0.25) is 5.02 Å². The van der Waals surface area contributed by atoms with Crippen molar-refractivity contribution in [1.29, 1.82) is 0 Å². The molecule has 11 nitrogen and oxygen atoms in total. The predicted molar refractivity (Wildman–Crippen MR) is 168 cm³/mol. The largest absolute Gasteiger partial charge is 0.399 e. The lowest BCUT2D eigenvalue weighted by Crippen LogP contribution is -2.28. The van der Waals surface area contributed by atoms with Crippen LogP contribution in [0.1, 0.15) is 58.3 Å². The molecule has 3 aromatic heterocycles. The van der Waals surface area contributed by atoms with Gasteiger partial charge in [0.05, 0.1) is 52.6 Å². The van der Waals surface area contributed by atoms with Crippen LogP contribution in [0, 0.1) is 5.92 Å². The van der Waals surface area contributed by atoms with Gasteiger partial charge < -0.3 is 21.5 Å². The lowest BCUT2D eigenvalue weighted by molar-refractivity contribution is -0.119. The summed E-state index contributed by atoms with van der Waals surface area (Å²) in [5.41, 5.74) is 6.97. The number of nitrogens with one attached hydrogen (secondary N) is 2. The molecule has 0 saturated heterocycles. The van der Waals surface area contributed by atoms with Crippen molar-refractivity contribution in [3.63, 3.8) is 0 Å². The Morgan fingerprint density at radius 1 is 1.20 bits per heavy atom. The third-order valence-electron chi connectivity index (χ3n) is 7.72. The number of anilines is 2. The van der Waals surface area contributed by atoms with Gasteiger partial charge >= 0.3 is 6.55 Å². The molecule has 45 heavy (non-hydrogen) atoms. The molecule has 2 unspecified atom stereocenters. The number of amides is 1. The highest BCUT2D eigenvalue weighted by Crippen LogP contribution is 2.35. The van der Waals surface area contributed by atoms with Crippen LogP contribution in [-0.4, -0.2) is 40.9 Å². The number of alkyl halides is 2. The lowest BCUT2D eigenvalue weighted by atomic mass is 9.97. The Morgan fingerprint density at radius 2 is 1.98 bits per heavy atom. The van der Waals surface area contributed by atoms with Crippen LogP contribution in [0.15, 0.2) is 71.8 Å². The molecule has 4 heterocycles. The molecular formula is C31H33ClF2N8O3. The third kappa shape index (κ3) is 6.89. The Balaban J connectivity index is 1.57. The van der Waals surface area contributed by atoms with Crippen LogP contribution < -0.4 is 21.9 Å². The second-order valence-corrected chi connectivity index (χ2v) is 11.9. The summed E-state index contributed by atoms with van der Waals surface area (Å²) in [6.45, 7) is 1.92. The molecule has 0 fully saturated rings. The summed E-state index contributed by atoms with van der Waals surface area (Å²) < 4.78 is 29.9. The van der Waals surface area contributed by atoms with Gasteiger partial charge in [-0.15, -0.1) is 0 Å². The second kappa shape index (κ2) is 12.8. The summed E-state index contributed by atoms with van der Waals surface area (Å²) in [4.78, 5) is 35.7. The molecule has 5 N–H and O–H groups in total. The van der Waals surface area contributed by atoms with Gasteiger partial charge in [0.15, 0.2) is 0 Å². The molecule has 2 atom stereocenters. The maximum atomic E-state index is 13.9. The molecule has 5 rings (SSSR count). The van der Waals surface area contributed by atoms with Gasteiger partial charge in [-0.05, 0) is 57.0 Å². The van der Waals surface area contributed by atoms with Gasteiger partial charge in [0.2, 0.25) is 5.91 Å². The monoisotopic (exact) mass is 638 g/mol. The Bertz CT molecular complexity index is 1820. The van der Waals surface area contributed by atoms with Crippen LogP contribution in [0.5, 0.6) is 0 Å². The maximum absolute atomic E-state index is 13.9. The summed E-state index contributed by atoms with van der Waals surface area (Å²) in [5.74, 6) is -0.741. The van der Waals surface area contributed by atoms with Gasteiger partial charge in [-0.1, -0.05) is 24.9 Å². The fourth-order valence-electron chi connectivity index (χ4n) is 5.08. The standard InChI is InChI=1S/C31H33ClF2N8O3/c1-17-5-4-6-25(23-11-18(9-10-36-23)28-24(40-29(17)44)14-39-42(28)30(33)34)41-16-38-22(13-27(41)43)20-12-19(32)7-8-21(20)37-15-26(35)31(2,3)45/h7-17,25,30,37,45H,4-6,35H2,1-3H3,(H,40,44)/b26-15-. The lowest BCUT2D eigenvalue weighted by Gasteiger charge is -2.22. The number of fused-ring (bicyclic) bond motifs is 4. The molecule has 2 bridgehead atoms. The Kier molecular flexibility index (Phi) is 9.03. The summed E-state index contributed by atoms with van der Waals surface area (Å²) in [6, 6.07) is 8.97. The van der Waals surface area contributed by atoms with E-state index in [0.717, 1.165) is 0 Å². The minimum absolute atomic E-state index is 0.0367. The molecule has 1 aliphatic rings. The number of halogens is 3. The van der Waals surface area contributed by atoms with E-state index in [1.165, 1.54) is 35.6 Å². The minimum atomic E-state index is -2.95. The number of nitrogens with zero attached hydrogens (tertiary/aromatic N) is 5. The van der Waals surface area contributed by atoms with E-state index in [4.69, 9.17) is 17.3 Å². The number of benzene rings is 1. The van der Waals surface area contributed by atoms with Crippen LogP contribution >= 0.6 is 11.6 Å². The van der Waals surface area contributed by atoms with Crippen molar-refractivity contribution in [1.82, 2.24) is 24.3 Å². The Hall–Kier alpha value is -4.62. The van der Waals surface area contributed by atoms with Gasteiger partial charge in [0.1, 0.15) is 0 Å². The number of carbonyl (C=O) groups is 1. The predicted octanol–water partition coefficient (Wildman–Crippen LogP) is 5.55. The van der Waals surface area contributed by atoms with E-state index in [-0.39, 0.29) is 28.5 Å². The molecule has 0 aliphatic carbocycles. The second-order valence-electron chi connectivity index (χ2n) is 11.4. The van der Waals surface area contributed by atoms with Gasteiger partial charge in [0.25, 0.3) is 5.56 Å². The summed E-state index contributed by atoms with van der Waals surface area (Å²) in [5, 5.41) is 20.2. The zero-order chi connectivity index (χ0) is 32.5. The first-order valence-corrected chi connectivity index (χ1v) is 14.7. The number of nitrogens with two attached hydrogens (primary N) is 1. The SMILES string of the molecule is CC1CCCC(n2cnc(-c3cc(Cl)ccc3N/C=C(\N)C(C)(C)O)cc2=O)c2cc(ccn2)-c2c(cnn2C(F)F)NC1=O. The molecule has 236 valence electrons. The van der Waals surface area contributed by atoms with E-state index < -0.39 is 24.1 Å². The van der Waals surface area contributed by atoms with Crippen LogP contribution in [-0.2, 0) is 4.79 Å². The highest BCUT2D eigenvalue weighted by molar-refractivity contribution is 6.31. The van der Waals surface area contributed by atoms with Gasteiger partial charge in [-0.2, -0.15) is 13.9 Å². The van der Waals surface area contributed by atoms with Crippen molar-refractivity contribution in [3.05, 3.63) is 88.1 Å². The van der Waals surface area contributed by atoms with Crippen LogP contribution in [0.4, 0.5) is 20.2 Å². The van der Waals surface area contributed by atoms with Crippen molar-refractivity contribution < 1.29 is 18.7 Å². The Labute approximate surface area is 262 Å². The van der Waals surface area contributed by atoms with Crippen molar-refractivity contribution >= 4 is 28.9 Å². The molecule has 1 aromatic carbocycles. The fourth-order valence-corrected chi connectivity index (χ4v) is 5.25. The first-order chi connectivity index (χ1) is 21.3. The van der Waals surface area contributed by atoms with Gasteiger partial charge in [-0.25, -0.2) is 9.67 Å². The summed E-state index contributed by atoms with van der Waals surface area (Å²) in [7, 11) is 0. The first-order valence-electron chi connectivity index (χ1n) is 14.3. The van der Waals surface area contributed by atoms with Gasteiger partial charge in [0, 0.05) is 46.2 Å². The molecule has 1 amide bonds. The highest BCUT2D eigenvalue weighted by Gasteiger charge is 2.26. The number of carbonyl (C=O) groups excluding carboxylic acids is 1. The first kappa shape index (κ1) is 31.8. The minimum Gasteiger partial charge on any atom is -0.399 e. The number of hydrogen-bond acceptors (Lipinski definition) is 8.